The standard InChI is InChI=1S/C12H15FN8O/c13-2-4-19-3-1-11(18-19)12(22,5-20-9-14-7-16-20)6-21-10-15-8-17-21/h1,3,7-10,22H,2,4-6H2. The number of halogens is 1. The van der Waals surface area contributed by atoms with E-state index in [0.717, 1.165) is 0 Å². The highest BCUT2D eigenvalue weighted by molar-refractivity contribution is 5.10. The van der Waals surface area contributed by atoms with Gasteiger partial charge in [0.05, 0.1) is 25.3 Å². The monoisotopic (exact) mass is 306 g/mol. The third-order valence-electron chi connectivity index (χ3n) is 3.21. The Labute approximate surface area is 125 Å². The van der Waals surface area contributed by atoms with E-state index in [4.69, 9.17) is 0 Å². The molecule has 0 fully saturated rings. The Morgan fingerprint density at radius 2 is 1.68 bits per heavy atom. The van der Waals surface area contributed by atoms with Crippen molar-refractivity contribution in [2.45, 2.75) is 25.2 Å². The minimum atomic E-state index is -1.37. The molecule has 0 unspecified atom stereocenters. The summed E-state index contributed by atoms with van der Waals surface area (Å²) in [7, 11) is 0. The third-order valence-corrected chi connectivity index (χ3v) is 3.21. The van der Waals surface area contributed by atoms with Crippen molar-refractivity contribution in [1.29, 1.82) is 0 Å². The molecule has 1 N–H and O–H groups in total. The molecular formula is C12H15FN8O. The van der Waals surface area contributed by atoms with Gasteiger partial charge in [0, 0.05) is 6.20 Å². The van der Waals surface area contributed by atoms with Gasteiger partial charge < -0.3 is 5.11 Å². The normalized spacial score (nSPS) is 11.9. The van der Waals surface area contributed by atoms with Gasteiger partial charge in [0.2, 0.25) is 0 Å². The maximum atomic E-state index is 12.4. The molecule has 0 saturated carbocycles. The molecule has 0 aliphatic heterocycles. The lowest BCUT2D eigenvalue weighted by Gasteiger charge is -2.25. The van der Waals surface area contributed by atoms with Gasteiger partial charge in [0.1, 0.15) is 37.6 Å². The molecule has 0 aliphatic carbocycles. The molecule has 116 valence electrons. The first-order valence-electron chi connectivity index (χ1n) is 6.67. The summed E-state index contributed by atoms with van der Waals surface area (Å²) in [5.74, 6) is 0. The molecule has 0 aromatic carbocycles. The summed E-state index contributed by atoms with van der Waals surface area (Å²) in [6.45, 7) is -0.104. The van der Waals surface area contributed by atoms with Crippen LogP contribution in [0.1, 0.15) is 5.69 Å². The molecule has 3 aromatic heterocycles. The van der Waals surface area contributed by atoms with Crippen molar-refractivity contribution in [2.24, 2.45) is 0 Å². The second-order valence-electron chi connectivity index (χ2n) is 4.87. The van der Waals surface area contributed by atoms with E-state index < -0.39 is 12.3 Å². The topological polar surface area (TPSA) is 99.5 Å². The number of hydrogen-bond acceptors (Lipinski definition) is 6. The van der Waals surface area contributed by atoms with Crippen LogP contribution >= 0.6 is 0 Å². The fourth-order valence-corrected chi connectivity index (χ4v) is 2.20. The summed E-state index contributed by atoms with van der Waals surface area (Å²) in [4.78, 5) is 7.72. The van der Waals surface area contributed by atoms with Crippen molar-refractivity contribution in [3.8, 4) is 0 Å². The Hall–Kier alpha value is -2.62. The predicted molar refractivity (Wildman–Crippen MR) is 72.1 cm³/mol. The van der Waals surface area contributed by atoms with Crippen LogP contribution in [0.15, 0.2) is 37.6 Å². The fraction of sp³-hybridized carbons (Fsp3) is 0.417. The summed E-state index contributed by atoms with van der Waals surface area (Å²) in [5, 5.41) is 23.3. The number of aliphatic hydroxyl groups is 1. The van der Waals surface area contributed by atoms with E-state index in [1.165, 1.54) is 39.4 Å². The Balaban J connectivity index is 1.89. The molecule has 0 atom stereocenters. The zero-order valence-electron chi connectivity index (χ0n) is 11.7. The zero-order valence-corrected chi connectivity index (χ0v) is 11.7. The van der Waals surface area contributed by atoms with Gasteiger partial charge in [-0.15, -0.1) is 0 Å². The lowest BCUT2D eigenvalue weighted by Crippen LogP contribution is -2.37. The molecule has 0 aliphatic rings. The van der Waals surface area contributed by atoms with Gasteiger partial charge >= 0.3 is 0 Å². The summed E-state index contributed by atoms with van der Waals surface area (Å²) in [6.07, 6.45) is 7.41. The number of hydrogen-bond donors (Lipinski definition) is 1. The second kappa shape index (κ2) is 6.02. The largest absolute Gasteiger partial charge is 0.380 e. The molecular weight excluding hydrogens is 291 g/mol. The average Bonchev–Trinajstić information content (AvgIpc) is 3.20. The van der Waals surface area contributed by atoms with Crippen molar-refractivity contribution in [3.05, 3.63) is 43.3 Å². The predicted octanol–water partition coefficient (Wildman–Crippen LogP) is -0.376. The highest BCUT2D eigenvalue weighted by Gasteiger charge is 2.34. The molecule has 0 saturated heterocycles. The molecule has 0 spiro atoms. The molecule has 3 rings (SSSR count). The molecule has 3 aromatic rings. The van der Waals surface area contributed by atoms with Gasteiger partial charge in [-0.3, -0.25) is 4.68 Å². The number of aromatic nitrogens is 8. The van der Waals surface area contributed by atoms with Gasteiger partial charge in [0.15, 0.2) is 0 Å². The molecule has 9 nitrogen and oxygen atoms in total. The molecule has 0 radical (unpaired) electrons. The fourth-order valence-electron chi connectivity index (χ4n) is 2.20. The van der Waals surface area contributed by atoms with Crippen LogP contribution in [0.2, 0.25) is 0 Å². The summed E-state index contributed by atoms with van der Waals surface area (Å²) in [6, 6.07) is 1.66. The number of rotatable bonds is 7. The van der Waals surface area contributed by atoms with Crippen molar-refractivity contribution >= 4 is 0 Å². The van der Waals surface area contributed by atoms with Crippen LogP contribution in [0.4, 0.5) is 4.39 Å². The first-order valence-corrected chi connectivity index (χ1v) is 6.67. The van der Waals surface area contributed by atoms with E-state index in [-0.39, 0.29) is 19.6 Å². The van der Waals surface area contributed by atoms with E-state index in [1.54, 1.807) is 12.3 Å². The Kier molecular flexibility index (Phi) is 3.92. The summed E-state index contributed by atoms with van der Waals surface area (Å²) in [5.41, 5.74) is -0.963. The van der Waals surface area contributed by atoms with Gasteiger partial charge in [-0.05, 0) is 6.07 Å². The van der Waals surface area contributed by atoms with Gasteiger partial charge in [-0.1, -0.05) is 0 Å². The maximum absolute atomic E-state index is 12.4. The Morgan fingerprint density at radius 1 is 1.05 bits per heavy atom. The first-order chi connectivity index (χ1) is 10.7. The minimum Gasteiger partial charge on any atom is -0.380 e. The minimum absolute atomic E-state index is 0.138. The smallest absolute Gasteiger partial charge is 0.147 e. The van der Waals surface area contributed by atoms with Crippen LogP contribution in [0.5, 0.6) is 0 Å². The second-order valence-corrected chi connectivity index (χ2v) is 4.87. The highest BCUT2D eigenvalue weighted by atomic mass is 19.1. The van der Waals surface area contributed by atoms with Crippen LogP contribution in [-0.2, 0) is 25.2 Å². The van der Waals surface area contributed by atoms with E-state index in [9.17, 15) is 9.50 Å². The van der Waals surface area contributed by atoms with Crippen molar-refractivity contribution in [2.75, 3.05) is 6.67 Å². The van der Waals surface area contributed by atoms with E-state index in [1.807, 2.05) is 0 Å². The molecule has 22 heavy (non-hydrogen) atoms. The highest BCUT2D eigenvalue weighted by Crippen LogP contribution is 2.23. The quantitative estimate of drug-likeness (QED) is 0.639. The van der Waals surface area contributed by atoms with Gasteiger partial charge in [-0.25, -0.2) is 23.7 Å². The SMILES string of the molecule is OC(Cn1cncn1)(Cn1cncn1)c1ccn(CCF)n1. The lowest BCUT2D eigenvalue weighted by atomic mass is 10.00. The Bertz CT molecular complexity index is 656. The molecule has 10 heteroatoms. The van der Waals surface area contributed by atoms with E-state index in [0.29, 0.717) is 5.69 Å². The van der Waals surface area contributed by atoms with Crippen molar-refractivity contribution in [3.63, 3.8) is 0 Å². The summed E-state index contributed by atoms with van der Waals surface area (Å²) < 4.78 is 16.9. The van der Waals surface area contributed by atoms with Crippen molar-refractivity contribution < 1.29 is 9.50 Å². The third kappa shape index (κ3) is 3.01. The van der Waals surface area contributed by atoms with Crippen LogP contribution in [-0.4, -0.2) is 51.1 Å². The molecule has 0 amide bonds. The van der Waals surface area contributed by atoms with Crippen LogP contribution in [0.25, 0.3) is 0 Å². The van der Waals surface area contributed by atoms with Gasteiger partial charge in [-0.2, -0.15) is 15.3 Å². The lowest BCUT2D eigenvalue weighted by molar-refractivity contribution is -0.00996. The van der Waals surface area contributed by atoms with Crippen LogP contribution in [0.3, 0.4) is 0 Å². The van der Waals surface area contributed by atoms with Crippen molar-refractivity contribution in [1.82, 2.24) is 39.3 Å². The Morgan fingerprint density at radius 3 is 2.18 bits per heavy atom. The first kappa shape index (κ1) is 14.3. The van der Waals surface area contributed by atoms with Gasteiger partial charge in [0.25, 0.3) is 0 Å². The number of nitrogens with zero attached hydrogens (tertiary/aromatic N) is 8. The average molecular weight is 306 g/mol. The zero-order chi connectivity index (χ0) is 15.4. The maximum Gasteiger partial charge on any atom is 0.147 e. The number of alkyl halides is 1. The molecule has 3 heterocycles. The van der Waals surface area contributed by atoms with E-state index in [2.05, 4.69) is 25.3 Å². The summed E-state index contributed by atoms with van der Waals surface area (Å²) >= 11 is 0. The number of aryl methyl sites for hydroxylation is 1. The van der Waals surface area contributed by atoms with Crippen LogP contribution < -0.4 is 0 Å². The van der Waals surface area contributed by atoms with E-state index >= 15 is 0 Å². The molecule has 0 bridgehead atoms. The van der Waals surface area contributed by atoms with Crippen LogP contribution in [0, 0.1) is 0 Å².